The van der Waals surface area contributed by atoms with Crippen molar-refractivity contribution in [2.24, 2.45) is 4.99 Å². The number of carbonyl (C=O) groups excluding carboxylic acids is 1. The van der Waals surface area contributed by atoms with Crippen LogP contribution in [0.4, 0.5) is 5.69 Å². The Morgan fingerprint density at radius 2 is 1.87 bits per heavy atom. The summed E-state index contributed by atoms with van der Waals surface area (Å²) in [5, 5.41) is 11.1. The van der Waals surface area contributed by atoms with E-state index in [0.717, 1.165) is 5.56 Å². The minimum Gasteiger partial charge on any atom is -0.493 e. The number of nitro benzene ring substituents is 1. The second-order valence-electron chi connectivity index (χ2n) is 10.7. The van der Waals surface area contributed by atoms with Crippen molar-refractivity contribution < 1.29 is 28.7 Å². The van der Waals surface area contributed by atoms with Crippen LogP contribution in [0.25, 0.3) is 6.08 Å². The normalized spacial score (nSPS) is 14.5. The highest BCUT2D eigenvalue weighted by Gasteiger charge is 2.34. The predicted molar refractivity (Wildman–Crippen MR) is 173 cm³/mol. The van der Waals surface area contributed by atoms with E-state index in [2.05, 4.69) is 4.99 Å². The van der Waals surface area contributed by atoms with Crippen molar-refractivity contribution in [2.75, 3.05) is 13.7 Å². The lowest BCUT2D eigenvalue weighted by atomic mass is 9.95. The average Bonchev–Trinajstić information content (AvgIpc) is 3.33. The van der Waals surface area contributed by atoms with Crippen molar-refractivity contribution >= 4 is 29.1 Å². The van der Waals surface area contributed by atoms with E-state index in [1.54, 1.807) is 56.3 Å². The number of nitrogens with zero attached hydrogens (tertiary/aromatic N) is 3. The fourth-order valence-corrected chi connectivity index (χ4v) is 6.10. The van der Waals surface area contributed by atoms with Crippen LogP contribution in [0, 0.1) is 10.1 Å². The van der Waals surface area contributed by atoms with Gasteiger partial charge in [0.2, 0.25) is 0 Å². The number of hydrogen-bond acceptors (Lipinski definition) is 10. The Hall–Kier alpha value is -5.23. The first kappa shape index (κ1) is 32.2. The van der Waals surface area contributed by atoms with E-state index in [4.69, 9.17) is 18.9 Å². The van der Waals surface area contributed by atoms with Crippen molar-refractivity contribution in [1.29, 1.82) is 0 Å². The average molecular weight is 644 g/mol. The zero-order valence-corrected chi connectivity index (χ0v) is 26.8. The van der Waals surface area contributed by atoms with E-state index in [1.165, 1.54) is 35.1 Å². The van der Waals surface area contributed by atoms with Crippen LogP contribution in [-0.4, -0.2) is 35.3 Å². The molecule has 0 N–H and O–H groups in total. The fourth-order valence-electron chi connectivity index (χ4n) is 5.05. The van der Waals surface area contributed by atoms with E-state index < -0.39 is 16.9 Å². The highest BCUT2D eigenvalue weighted by molar-refractivity contribution is 7.07. The summed E-state index contributed by atoms with van der Waals surface area (Å²) < 4.78 is 24.6. The lowest BCUT2D eigenvalue weighted by molar-refractivity contribution is -0.384. The van der Waals surface area contributed by atoms with Gasteiger partial charge in [-0.2, -0.15) is 0 Å². The minimum atomic E-state index is -0.802. The van der Waals surface area contributed by atoms with Crippen LogP contribution < -0.4 is 29.1 Å². The summed E-state index contributed by atoms with van der Waals surface area (Å²) in [5.74, 6) is 1.03. The Bertz CT molecular complexity index is 1990. The number of thiazole rings is 1. The van der Waals surface area contributed by atoms with Gasteiger partial charge in [-0.1, -0.05) is 41.7 Å². The lowest BCUT2D eigenvalue weighted by Gasteiger charge is -2.25. The van der Waals surface area contributed by atoms with Crippen molar-refractivity contribution in [3.63, 3.8) is 0 Å². The first-order valence-electron chi connectivity index (χ1n) is 14.6. The van der Waals surface area contributed by atoms with Crippen molar-refractivity contribution in [2.45, 2.75) is 46.4 Å². The SMILES string of the molecule is CCOC(=O)C1=C(C)N=c2s/c(=C\c3ccc(OCc4cccc([N+](=O)[O-])c4)cc3)c(=O)n2[C@H]1c1ccc(OC(C)C)c(OC)c1. The molecule has 1 aliphatic heterocycles. The molecule has 3 aromatic carbocycles. The molecule has 1 aliphatic rings. The van der Waals surface area contributed by atoms with Gasteiger partial charge in [0.05, 0.1) is 46.6 Å². The largest absolute Gasteiger partial charge is 0.493 e. The van der Waals surface area contributed by atoms with Crippen LogP contribution in [0.5, 0.6) is 17.2 Å². The zero-order valence-electron chi connectivity index (χ0n) is 26.0. The minimum absolute atomic E-state index is 0.000944. The molecule has 46 heavy (non-hydrogen) atoms. The number of rotatable bonds is 11. The molecule has 0 saturated carbocycles. The Kier molecular flexibility index (Phi) is 9.67. The predicted octanol–water partition coefficient (Wildman–Crippen LogP) is 5.08. The van der Waals surface area contributed by atoms with Gasteiger partial charge >= 0.3 is 5.97 Å². The Morgan fingerprint density at radius 1 is 1.11 bits per heavy atom. The standard InChI is InChI=1S/C34H33N3O8S/c1-6-43-33(39)30-21(4)35-34-36(31(30)24-12-15-27(45-20(2)3)28(18-24)42-5)32(38)29(46-34)17-22-10-13-26(14-11-22)44-19-23-8-7-9-25(16-23)37(40)41/h7-18,20,31H,6,19H2,1-5H3/b29-17-/t31-/m0/s1. The Morgan fingerprint density at radius 3 is 2.54 bits per heavy atom. The van der Waals surface area contributed by atoms with Crippen LogP contribution in [0.15, 0.2) is 87.8 Å². The van der Waals surface area contributed by atoms with Gasteiger partial charge in [-0.05, 0) is 74.7 Å². The highest BCUT2D eigenvalue weighted by Crippen LogP contribution is 2.36. The maximum atomic E-state index is 14.0. The molecule has 0 aliphatic carbocycles. The maximum Gasteiger partial charge on any atom is 0.338 e. The molecule has 1 aromatic heterocycles. The summed E-state index contributed by atoms with van der Waals surface area (Å²) in [4.78, 5) is 42.9. The number of ether oxygens (including phenoxy) is 4. The number of aromatic nitrogens is 1. The Balaban J connectivity index is 1.50. The molecule has 238 valence electrons. The Labute approximate surface area is 268 Å². The van der Waals surface area contributed by atoms with Crippen LogP contribution in [0.3, 0.4) is 0 Å². The summed E-state index contributed by atoms with van der Waals surface area (Å²) in [6.45, 7) is 7.62. The topological polar surface area (TPSA) is 131 Å². The van der Waals surface area contributed by atoms with Gasteiger partial charge in [-0.25, -0.2) is 9.79 Å². The summed E-state index contributed by atoms with van der Waals surface area (Å²) in [6.07, 6.45) is 1.68. The summed E-state index contributed by atoms with van der Waals surface area (Å²) >= 11 is 1.22. The molecule has 0 saturated heterocycles. The molecular weight excluding hydrogens is 610 g/mol. The number of benzene rings is 3. The molecule has 4 aromatic rings. The third kappa shape index (κ3) is 6.86. The van der Waals surface area contributed by atoms with Crippen LogP contribution in [0.2, 0.25) is 0 Å². The van der Waals surface area contributed by atoms with E-state index in [9.17, 15) is 19.7 Å². The van der Waals surface area contributed by atoms with E-state index in [-0.39, 0.29) is 36.1 Å². The maximum absolute atomic E-state index is 14.0. The third-order valence-corrected chi connectivity index (χ3v) is 8.07. The van der Waals surface area contributed by atoms with Gasteiger partial charge in [0.15, 0.2) is 16.3 Å². The molecule has 0 spiro atoms. The fraction of sp³-hybridized carbons (Fsp3) is 0.265. The van der Waals surface area contributed by atoms with Gasteiger partial charge in [-0.3, -0.25) is 19.5 Å². The van der Waals surface area contributed by atoms with Crippen LogP contribution >= 0.6 is 11.3 Å². The first-order valence-corrected chi connectivity index (χ1v) is 15.4. The molecule has 2 heterocycles. The molecular formula is C34H33N3O8S. The van der Waals surface area contributed by atoms with E-state index >= 15 is 0 Å². The second kappa shape index (κ2) is 13.8. The van der Waals surface area contributed by atoms with Crippen LogP contribution in [0.1, 0.15) is 50.4 Å². The highest BCUT2D eigenvalue weighted by atomic mass is 32.1. The number of allylic oxidation sites excluding steroid dienone is 1. The first-order chi connectivity index (χ1) is 22.1. The molecule has 11 nitrogen and oxygen atoms in total. The van der Waals surface area contributed by atoms with Crippen LogP contribution in [-0.2, 0) is 16.1 Å². The number of hydrogen-bond donors (Lipinski definition) is 0. The molecule has 0 fully saturated rings. The summed E-state index contributed by atoms with van der Waals surface area (Å²) in [7, 11) is 1.54. The van der Waals surface area contributed by atoms with Gasteiger partial charge < -0.3 is 18.9 Å². The number of methoxy groups -OCH3 is 1. The molecule has 0 unspecified atom stereocenters. The molecule has 12 heteroatoms. The van der Waals surface area contributed by atoms with Gasteiger partial charge in [0.25, 0.3) is 11.2 Å². The molecule has 0 amide bonds. The number of fused-ring (bicyclic) bond motifs is 1. The number of carbonyl (C=O) groups is 1. The second-order valence-corrected chi connectivity index (χ2v) is 11.7. The van der Waals surface area contributed by atoms with E-state index in [1.807, 2.05) is 32.0 Å². The van der Waals surface area contributed by atoms with Gasteiger partial charge in [0.1, 0.15) is 12.4 Å². The lowest BCUT2D eigenvalue weighted by Crippen LogP contribution is -2.40. The van der Waals surface area contributed by atoms with Crippen molar-refractivity contribution in [3.05, 3.63) is 124 Å². The number of nitro groups is 1. The quantitative estimate of drug-likeness (QED) is 0.126. The van der Waals surface area contributed by atoms with E-state index in [0.29, 0.717) is 43.4 Å². The summed E-state index contributed by atoms with van der Waals surface area (Å²) in [6, 6.07) is 18.0. The molecule has 1 atom stereocenters. The van der Waals surface area contributed by atoms with Crippen molar-refractivity contribution in [3.8, 4) is 17.2 Å². The molecule has 0 radical (unpaired) electrons. The number of esters is 1. The molecule has 0 bridgehead atoms. The molecule has 5 rings (SSSR count). The number of non-ortho nitro benzene ring substituents is 1. The third-order valence-electron chi connectivity index (χ3n) is 7.09. The monoisotopic (exact) mass is 643 g/mol. The summed E-state index contributed by atoms with van der Waals surface area (Å²) in [5.41, 5.74) is 2.49. The zero-order chi connectivity index (χ0) is 33.0. The van der Waals surface area contributed by atoms with Gasteiger partial charge in [0, 0.05) is 12.1 Å². The van der Waals surface area contributed by atoms with Gasteiger partial charge in [-0.15, -0.1) is 0 Å². The van der Waals surface area contributed by atoms with Crippen molar-refractivity contribution in [1.82, 2.24) is 4.57 Å². The smallest absolute Gasteiger partial charge is 0.338 e.